The van der Waals surface area contributed by atoms with Gasteiger partial charge in [-0.1, -0.05) is 6.92 Å². The first-order chi connectivity index (χ1) is 6.20. The Kier molecular flexibility index (Phi) is 3.81. The van der Waals surface area contributed by atoms with Crippen LogP contribution in [0.5, 0.6) is 0 Å². The zero-order chi connectivity index (χ0) is 9.73. The molecule has 1 aliphatic rings. The maximum atomic E-state index is 3.37. The van der Waals surface area contributed by atoms with Crippen LogP contribution in [0.15, 0.2) is 0 Å². The van der Waals surface area contributed by atoms with E-state index in [4.69, 9.17) is 0 Å². The normalized spacial score (nSPS) is 32.7. The monoisotopic (exact) mass is 179 g/mol. The molecule has 1 saturated carbocycles. The molecule has 0 aliphatic heterocycles. The number of hydrogen-bond donors (Lipinski definition) is 1. The van der Waals surface area contributed by atoms with Gasteiger partial charge in [-0.25, -0.2) is 0 Å². The van der Waals surface area contributed by atoms with Crippen molar-refractivity contribution in [1.82, 2.24) is 5.32 Å². The van der Waals surface area contributed by atoms with E-state index in [1.54, 1.807) is 0 Å². The van der Waals surface area contributed by atoms with Crippen LogP contribution in [0.4, 0.5) is 0 Å². The molecule has 0 aromatic rings. The van der Waals surface area contributed by atoms with E-state index in [1.807, 2.05) is 6.92 Å². The molecule has 0 heterocycles. The van der Waals surface area contributed by atoms with Crippen LogP contribution in [0.2, 0.25) is 0 Å². The summed E-state index contributed by atoms with van der Waals surface area (Å²) in [7, 11) is 2.07. The highest BCUT2D eigenvalue weighted by atomic mass is 14.9. The minimum absolute atomic E-state index is 0.553. The first-order valence-electron chi connectivity index (χ1n) is 5.27. The van der Waals surface area contributed by atoms with Crippen LogP contribution in [0.1, 0.15) is 46.0 Å². The van der Waals surface area contributed by atoms with Crippen molar-refractivity contribution in [3.63, 3.8) is 0 Å². The van der Waals surface area contributed by atoms with Crippen molar-refractivity contribution in [1.29, 1.82) is 0 Å². The third-order valence-electron chi connectivity index (χ3n) is 3.27. The molecule has 2 unspecified atom stereocenters. The van der Waals surface area contributed by atoms with E-state index in [0.717, 1.165) is 12.5 Å². The molecule has 0 radical (unpaired) electrons. The quantitative estimate of drug-likeness (QED) is 0.657. The van der Waals surface area contributed by atoms with Gasteiger partial charge in [-0.15, -0.1) is 11.8 Å². The van der Waals surface area contributed by atoms with E-state index in [-0.39, 0.29) is 0 Å². The highest BCUT2D eigenvalue weighted by Crippen LogP contribution is 2.41. The van der Waals surface area contributed by atoms with Gasteiger partial charge in [0, 0.05) is 12.5 Å². The van der Waals surface area contributed by atoms with Gasteiger partial charge in [0.1, 0.15) is 0 Å². The molecule has 0 bridgehead atoms. The first-order valence-corrected chi connectivity index (χ1v) is 5.27. The molecule has 2 atom stereocenters. The SMILES string of the molecule is CC#CCCC1(C)CCC(NC)C1. The van der Waals surface area contributed by atoms with Gasteiger partial charge in [-0.2, -0.15) is 0 Å². The Labute approximate surface area is 82.3 Å². The van der Waals surface area contributed by atoms with Crippen molar-refractivity contribution in [2.45, 2.75) is 52.0 Å². The van der Waals surface area contributed by atoms with E-state index in [0.29, 0.717) is 5.41 Å². The number of hydrogen-bond acceptors (Lipinski definition) is 1. The fraction of sp³-hybridized carbons (Fsp3) is 0.833. The topological polar surface area (TPSA) is 12.0 Å². The van der Waals surface area contributed by atoms with E-state index in [1.165, 1.54) is 25.7 Å². The summed E-state index contributed by atoms with van der Waals surface area (Å²) in [6.07, 6.45) is 6.38. The second-order valence-electron chi connectivity index (χ2n) is 4.47. The van der Waals surface area contributed by atoms with Crippen LogP contribution in [-0.2, 0) is 0 Å². The summed E-state index contributed by atoms with van der Waals surface area (Å²) in [5.74, 6) is 6.13. The molecule has 13 heavy (non-hydrogen) atoms. The van der Waals surface area contributed by atoms with Crippen LogP contribution in [0.25, 0.3) is 0 Å². The Morgan fingerprint density at radius 2 is 2.31 bits per heavy atom. The lowest BCUT2D eigenvalue weighted by atomic mass is 9.84. The predicted molar refractivity (Wildman–Crippen MR) is 57.5 cm³/mol. The zero-order valence-corrected chi connectivity index (χ0v) is 9.11. The third-order valence-corrected chi connectivity index (χ3v) is 3.27. The summed E-state index contributed by atoms with van der Waals surface area (Å²) in [4.78, 5) is 0. The maximum absolute atomic E-state index is 3.37. The molecule has 0 saturated heterocycles. The lowest BCUT2D eigenvalue weighted by Gasteiger charge is -2.22. The molecular formula is C12H21N. The van der Waals surface area contributed by atoms with Gasteiger partial charge in [0.05, 0.1) is 0 Å². The standard InChI is InChI=1S/C12H21N/c1-4-5-6-8-12(2)9-7-11(10-12)13-3/h11,13H,6-10H2,1-3H3. The van der Waals surface area contributed by atoms with Crippen LogP contribution in [0.3, 0.4) is 0 Å². The Morgan fingerprint density at radius 3 is 2.85 bits per heavy atom. The summed E-state index contributed by atoms with van der Waals surface area (Å²) in [6.45, 7) is 4.33. The van der Waals surface area contributed by atoms with Crippen molar-refractivity contribution in [2.24, 2.45) is 5.41 Å². The molecule has 1 heteroatoms. The zero-order valence-electron chi connectivity index (χ0n) is 9.11. The average molecular weight is 179 g/mol. The van der Waals surface area contributed by atoms with Gasteiger partial charge in [-0.05, 0) is 45.1 Å². The largest absolute Gasteiger partial charge is 0.317 e. The maximum Gasteiger partial charge on any atom is 0.00937 e. The third kappa shape index (κ3) is 3.04. The predicted octanol–water partition coefficient (Wildman–Crippen LogP) is 2.57. The van der Waals surface area contributed by atoms with Crippen LogP contribution in [0, 0.1) is 17.3 Å². The van der Waals surface area contributed by atoms with Crippen LogP contribution < -0.4 is 5.32 Å². The van der Waals surface area contributed by atoms with E-state index in [2.05, 4.69) is 31.1 Å². The highest BCUT2D eigenvalue weighted by molar-refractivity contribution is 4.98. The molecule has 0 aromatic heterocycles. The summed E-state index contributed by atoms with van der Waals surface area (Å²) >= 11 is 0. The Morgan fingerprint density at radius 1 is 1.54 bits per heavy atom. The Bertz CT molecular complexity index is 211. The molecule has 0 amide bonds. The minimum atomic E-state index is 0.553. The second kappa shape index (κ2) is 4.67. The molecule has 0 aromatic carbocycles. The van der Waals surface area contributed by atoms with Crippen molar-refractivity contribution in [3.8, 4) is 11.8 Å². The van der Waals surface area contributed by atoms with Gasteiger partial charge < -0.3 is 5.32 Å². The fourth-order valence-electron chi connectivity index (χ4n) is 2.28. The van der Waals surface area contributed by atoms with E-state index < -0.39 is 0 Å². The van der Waals surface area contributed by atoms with Crippen LogP contribution in [-0.4, -0.2) is 13.1 Å². The minimum Gasteiger partial charge on any atom is -0.317 e. The first kappa shape index (κ1) is 10.6. The van der Waals surface area contributed by atoms with Gasteiger partial charge >= 0.3 is 0 Å². The lowest BCUT2D eigenvalue weighted by Crippen LogP contribution is -2.23. The van der Waals surface area contributed by atoms with Crippen LogP contribution >= 0.6 is 0 Å². The summed E-state index contributed by atoms with van der Waals surface area (Å²) < 4.78 is 0. The summed E-state index contributed by atoms with van der Waals surface area (Å²) in [5.41, 5.74) is 0.553. The molecular weight excluding hydrogens is 158 g/mol. The molecule has 0 spiro atoms. The number of rotatable bonds is 3. The van der Waals surface area contributed by atoms with Crippen molar-refractivity contribution in [2.75, 3.05) is 7.05 Å². The molecule has 1 rings (SSSR count). The molecule has 1 aliphatic carbocycles. The molecule has 1 fully saturated rings. The van der Waals surface area contributed by atoms with Crippen molar-refractivity contribution < 1.29 is 0 Å². The Balaban J connectivity index is 2.34. The van der Waals surface area contributed by atoms with Crippen molar-refractivity contribution in [3.05, 3.63) is 0 Å². The van der Waals surface area contributed by atoms with E-state index in [9.17, 15) is 0 Å². The lowest BCUT2D eigenvalue weighted by molar-refractivity contribution is 0.304. The van der Waals surface area contributed by atoms with Crippen molar-refractivity contribution >= 4 is 0 Å². The van der Waals surface area contributed by atoms with E-state index >= 15 is 0 Å². The van der Waals surface area contributed by atoms with Gasteiger partial charge in [0.25, 0.3) is 0 Å². The smallest absolute Gasteiger partial charge is 0.00937 e. The molecule has 74 valence electrons. The van der Waals surface area contributed by atoms with Gasteiger partial charge in [0.2, 0.25) is 0 Å². The van der Waals surface area contributed by atoms with Gasteiger partial charge in [-0.3, -0.25) is 0 Å². The summed E-state index contributed by atoms with van der Waals surface area (Å²) in [6, 6.07) is 0.750. The fourth-order valence-corrected chi connectivity index (χ4v) is 2.28. The Hall–Kier alpha value is -0.480. The second-order valence-corrected chi connectivity index (χ2v) is 4.47. The molecule has 1 N–H and O–H groups in total. The highest BCUT2D eigenvalue weighted by Gasteiger charge is 2.33. The summed E-state index contributed by atoms with van der Waals surface area (Å²) in [5, 5.41) is 3.37. The average Bonchev–Trinajstić information content (AvgIpc) is 2.49. The van der Waals surface area contributed by atoms with Gasteiger partial charge in [0.15, 0.2) is 0 Å². The molecule has 1 nitrogen and oxygen atoms in total. The number of nitrogens with one attached hydrogen (secondary N) is 1.